The molecule has 0 aliphatic heterocycles. The van der Waals surface area contributed by atoms with Crippen LogP contribution in [0.3, 0.4) is 0 Å². The van der Waals surface area contributed by atoms with Crippen LogP contribution in [0.25, 0.3) is 0 Å². The van der Waals surface area contributed by atoms with E-state index in [1.807, 2.05) is 30.3 Å². The van der Waals surface area contributed by atoms with Crippen LogP contribution >= 0.6 is 0 Å². The SMILES string of the molecule is O=C(COC(=O)c1cc(F)cc(F)c1)NCCc1ccccc1. The summed E-state index contributed by atoms with van der Waals surface area (Å²) in [5, 5.41) is 2.60. The van der Waals surface area contributed by atoms with Gasteiger partial charge in [-0.2, -0.15) is 0 Å². The third-order valence-electron chi connectivity index (χ3n) is 3.01. The summed E-state index contributed by atoms with van der Waals surface area (Å²) >= 11 is 0. The van der Waals surface area contributed by atoms with Gasteiger partial charge in [-0.05, 0) is 24.1 Å². The van der Waals surface area contributed by atoms with E-state index in [0.717, 1.165) is 17.7 Å². The number of nitrogens with one attached hydrogen (secondary N) is 1. The fourth-order valence-electron chi connectivity index (χ4n) is 1.93. The molecule has 0 spiro atoms. The van der Waals surface area contributed by atoms with E-state index in [9.17, 15) is 18.4 Å². The molecule has 0 fully saturated rings. The quantitative estimate of drug-likeness (QED) is 0.832. The molecule has 6 heteroatoms. The summed E-state index contributed by atoms with van der Waals surface area (Å²) in [5.41, 5.74) is 0.791. The molecule has 0 aromatic heterocycles. The molecule has 2 aromatic rings. The molecule has 120 valence electrons. The zero-order valence-corrected chi connectivity index (χ0v) is 12.2. The lowest BCUT2D eigenvalue weighted by atomic mass is 10.1. The molecular weight excluding hydrogens is 304 g/mol. The normalized spacial score (nSPS) is 10.2. The molecule has 1 N–H and O–H groups in total. The number of ether oxygens (including phenoxy) is 1. The van der Waals surface area contributed by atoms with E-state index < -0.39 is 30.1 Å². The average Bonchev–Trinajstić information content (AvgIpc) is 2.52. The Morgan fingerprint density at radius 1 is 1.00 bits per heavy atom. The Labute approximate surface area is 132 Å². The van der Waals surface area contributed by atoms with Crippen LogP contribution in [0.1, 0.15) is 15.9 Å². The zero-order chi connectivity index (χ0) is 16.7. The molecule has 2 aromatic carbocycles. The minimum absolute atomic E-state index is 0.278. The topological polar surface area (TPSA) is 55.4 Å². The summed E-state index contributed by atoms with van der Waals surface area (Å²) in [7, 11) is 0. The third kappa shape index (κ3) is 5.50. The molecule has 0 unspecified atom stereocenters. The first-order chi connectivity index (χ1) is 11.0. The van der Waals surface area contributed by atoms with Crippen LogP contribution in [-0.2, 0) is 16.0 Å². The lowest BCUT2D eigenvalue weighted by Crippen LogP contribution is -2.30. The van der Waals surface area contributed by atoms with Gasteiger partial charge in [0, 0.05) is 12.6 Å². The molecule has 0 aliphatic rings. The second-order valence-corrected chi connectivity index (χ2v) is 4.82. The van der Waals surface area contributed by atoms with Gasteiger partial charge in [-0.25, -0.2) is 13.6 Å². The number of rotatable bonds is 6. The number of hydrogen-bond donors (Lipinski definition) is 1. The number of benzene rings is 2. The predicted molar refractivity (Wildman–Crippen MR) is 79.8 cm³/mol. The van der Waals surface area contributed by atoms with Crippen molar-refractivity contribution in [2.45, 2.75) is 6.42 Å². The monoisotopic (exact) mass is 319 g/mol. The number of carbonyl (C=O) groups is 2. The fraction of sp³-hybridized carbons (Fsp3) is 0.176. The smallest absolute Gasteiger partial charge is 0.338 e. The zero-order valence-electron chi connectivity index (χ0n) is 12.2. The number of halogens is 2. The molecule has 0 atom stereocenters. The summed E-state index contributed by atoms with van der Waals surface area (Å²) in [5.74, 6) is -3.21. The van der Waals surface area contributed by atoms with Gasteiger partial charge in [-0.1, -0.05) is 30.3 Å². The maximum atomic E-state index is 13.0. The van der Waals surface area contributed by atoms with Gasteiger partial charge >= 0.3 is 5.97 Å². The summed E-state index contributed by atoms with van der Waals surface area (Å²) in [6.07, 6.45) is 0.648. The molecule has 23 heavy (non-hydrogen) atoms. The summed E-state index contributed by atoms with van der Waals surface area (Å²) < 4.78 is 30.7. The maximum absolute atomic E-state index is 13.0. The van der Waals surface area contributed by atoms with E-state index in [0.29, 0.717) is 19.0 Å². The third-order valence-corrected chi connectivity index (χ3v) is 3.01. The van der Waals surface area contributed by atoms with Crippen molar-refractivity contribution in [1.29, 1.82) is 0 Å². The van der Waals surface area contributed by atoms with Crippen LogP contribution in [0.2, 0.25) is 0 Å². The van der Waals surface area contributed by atoms with Gasteiger partial charge in [-0.15, -0.1) is 0 Å². The Kier molecular flexibility index (Phi) is 5.80. The van der Waals surface area contributed by atoms with Crippen LogP contribution in [0.4, 0.5) is 8.78 Å². The highest BCUT2D eigenvalue weighted by molar-refractivity contribution is 5.91. The van der Waals surface area contributed by atoms with Crippen LogP contribution in [-0.4, -0.2) is 25.0 Å². The van der Waals surface area contributed by atoms with E-state index in [-0.39, 0.29) is 5.56 Å². The van der Waals surface area contributed by atoms with Gasteiger partial charge in [0.1, 0.15) is 11.6 Å². The molecule has 0 saturated carbocycles. The van der Waals surface area contributed by atoms with Crippen LogP contribution < -0.4 is 5.32 Å². The van der Waals surface area contributed by atoms with Gasteiger partial charge in [0.25, 0.3) is 5.91 Å². The van der Waals surface area contributed by atoms with Crippen LogP contribution in [0.15, 0.2) is 48.5 Å². The molecule has 0 heterocycles. The number of esters is 1. The lowest BCUT2D eigenvalue weighted by Gasteiger charge is -2.07. The van der Waals surface area contributed by atoms with Gasteiger partial charge in [0.05, 0.1) is 5.56 Å². The fourth-order valence-corrected chi connectivity index (χ4v) is 1.93. The Hall–Kier alpha value is -2.76. The minimum atomic E-state index is -0.957. The number of amides is 1. The van der Waals surface area contributed by atoms with Crippen molar-refractivity contribution in [3.05, 3.63) is 71.3 Å². The standard InChI is InChI=1S/C17H15F2NO3/c18-14-8-13(9-15(19)10-14)17(22)23-11-16(21)20-7-6-12-4-2-1-3-5-12/h1-5,8-10H,6-7,11H2,(H,20,21). The van der Waals surface area contributed by atoms with Crippen LogP contribution in [0.5, 0.6) is 0 Å². The largest absolute Gasteiger partial charge is 0.452 e. The highest BCUT2D eigenvalue weighted by Gasteiger charge is 2.12. The van der Waals surface area contributed by atoms with Gasteiger partial charge in [-0.3, -0.25) is 4.79 Å². The lowest BCUT2D eigenvalue weighted by molar-refractivity contribution is -0.124. The molecular formula is C17H15F2NO3. The summed E-state index contributed by atoms with van der Waals surface area (Å²) in [4.78, 5) is 23.2. The van der Waals surface area contributed by atoms with Crippen molar-refractivity contribution in [1.82, 2.24) is 5.32 Å². The number of hydrogen-bond acceptors (Lipinski definition) is 3. The van der Waals surface area contributed by atoms with E-state index >= 15 is 0 Å². The Balaban J connectivity index is 1.74. The van der Waals surface area contributed by atoms with E-state index in [1.165, 1.54) is 0 Å². The van der Waals surface area contributed by atoms with E-state index in [4.69, 9.17) is 4.74 Å². The Bertz CT molecular complexity index is 669. The predicted octanol–water partition coefficient (Wildman–Crippen LogP) is 2.48. The van der Waals surface area contributed by atoms with Gasteiger partial charge < -0.3 is 10.1 Å². The highest BCUT2D eigenvalue weighted by atomic mass is 19.1. The van der Waals surface area contributed by atoms with Crippen molar-refractivity contribution in [2.24, 2.45) is 0 Å². The maximum Gasteiger partial charge on any atom is 0.338 e. The molecule has 4 nitrogen and oxygen atoms in total. The highest BCUT2D eigenvalue weighted by Crippen LogP contribution is 2.09. The molecule has 0 bridgehead atoms. The first-order valence-electron chi connectivity index (χ1n) is 6.98. The molecule has 0 aliphatic carbocycles. The van der Waals surface area contributed by atoms with Crippen molar-refractivity contribution in [2.75, 3.05) is 13.2 Å². The van der Waals surface area contributed by atoms with Gasteiger partial charge in [0.15, 0.2) is 6.61 Å². The first-order valence-corrected chi connectivity index (χ1v) is 6.98. The number of carbonyl (C=O) groups excluding carboxylic acids is 2. The van der Waals surface area contributed by atoms with Crippen molar-refractivity contribution in [3.8, 4) is 0 Å². The first kappa shape index (κ1) is 16.6. The van der Waals surface area contributed by atoms with Crippen molar-refractivity contribution < 1.29 is 23.1 Å². The van der Waals surface area contributed by atoms with Gasteiger partial charge in [0.2, 0.25) is 0 Å². The van der Waals surface area contributed by atoms with Crippen molar-refractivity contribution in [3.63, 3.8) is 0 Å². The minimum Gasteiger partial charge on any atom is -0.452 e. The average molecular weight is 319 g/mol. The summed E-state index contributed by atoms with van der Waals surface area (Å²) in [6, 6.07) is 11.9. The summed E-state index contributed by atoms with van der Waals surface area (Å²) in [6.45, 7) is -0.110. The molecule has 1 amide bonds. The molecule has 0 saturated heterocycles. The second-order valence-electron chi connectivity index (χ2n) is 4.82. The van der Waals surface area contributed by atoms with E-state index in [2.05, 4.69) is 5.32 Å². The molecule has 0 radical (unpaired) electrons. The Morgan fingerprint density at radius 2 is 1.65 bits per heavy atom. The Morgan fingerprint density at radius 3 is 2.30 bits per heavy atom. The van der Waals surface area contributed by atoms with Crippen molar-refractivity contribution >= 4 is 11.9 Å². The molecule has 2 rings (SSSR count). The van der Waals surface area contributed by atoms with E-state index in [1.54, 1.807) is 0 Å². The van der Waals surface area contributed by atoms with Crippen LogP contribution in [0, 0.1) is 11.6 Å². The second kappa shape index (κ2) is 8.03.